The van der Waals surface area contributed by atoms with Crippen LogP contribution in [-0.4, -0.2) is 47.8 Å². The summed E-state index contributed by atoms with van der Waals surface area (Å²) in [5.74, 6) is 2.54. The standard InChI is InChI=1S/C25H24N4O4S/c1-31-19-11-9-18(10-12-19)29-24(17-7-5-4-6-8-17)27-28-25(29)34-16-23(30)26-21-14-13-20(32-2)15-22(21)33-3/h4-15H,16H2,1-3H3,(H,26,30). The zero-order valence-corrected chi connectivity index (χ0v) is 19.8. The van der Waals surface area contributed by atoms with Gasteiger partial charge in [-0.15, -0.1) is 10.2 Å². The van der Waals surface area contributed by atoms with E-state index in [4.69, 9.17) is 14.2 Å². The van der Waals surface area contributed by atoms with E-state index in [0.717, 1.165) is 17.0 Å². The third-order valence-electron chi connectivity index (χ3n) is 5.01. The van der Waals surface area contributed by atoms with Crippen molar-refractivity contribution < 1.29 is 19.0 Å². The van der Waals surface area contributed by atoms with Crippen molar-refractivity contribution in [1.82, 2.24) is 14.8 Å². The summed E-state index contributed by atoms with van der Waals surface area (Å²) in [5.41, 5.74) is 2.35. The predicted molar refractivity (Wildman–Crippen MR) is 132 cm³/mol. The molecule has 1 N–H and O–H groups in total. The van der Waals surface area contributed by atoms with Gasteiger partial charge >= 0.3 is 0 Å². The van der Waals surface area contributed by atoms with Crippen LogP contribution in [0.5, 0.6) is 17.2 Å². The molecule has 4 rings (SSSR count). The Labute approximate surface area is 201 Å². The van der Waals surface area contributed by atoms with Crippen molar-refractivity contribution in [3.63, 3.8) is 0 Å². The zero-order valence-electron chi connectivity index (χ0n) is 19.0. The van der Waals surface area contributed by atoms with E-state index in [1.54, 1.807) is 39.5 Å². The average Bonchev–Trinajstić information content (AvgIpc) is 3.32. The first kappa shape index (κ1) is 23.2. The van der Waals surface area contributed by atoms with Crippen molar-refractivity contribution >= 4 is 23.4 Å². The Morgan fingerprint density at radius 2 is 1.59 bits per heavy atom. The number of amides is 1. The topological polar surface area (TPSA) is 87.5 Å². The number of thioether (sulfide) groups is 1. The third kappa shape index (κ3) is 5.15. The van der Waals surface area contributed by atoms with Crippen LogP contribution in [0.1, 0.15) is 0 Å². The van der Waals surface area contributed by atoms with Gasteiger partial charge in [-0.3, -0.25) is 9.36 Å². The lowest BCUT2D eigenvalue weighted by Crippen LogP contribution is -2.15. The second-order valence-electron chi connectivity index (χ2n) is 7.11. The number of anilines is 1. The molecule has 0 saturated heterocycles. The van der Waals surface area contributed by atoms with Gasteiger partial charge in [-0.1, -0.05) is 42.1 Å². The number of rotatable bonds is 9. The highest BCUT2D eigenvalue weighted by Gasteiger charge is 2.18. The predicted octanol–water partition coefficient (Wildman–Crippen LogP) is 4.69. The van der Waals surface area contributed by atoms with Crippen molar-refractivity contribution in [2.75, 3.05) is 32.4 Å². The number of carbonyl (C=O) groups excluding carboxylic acids is 1. The molecule has 0 bridgehead atoms. The fraction of sp³-hybridized carbons (Fsp3) is 0.160. The van der Waals surface area contributed by atoms with Crippen LogP contribution in [0.25, 0.3) is 17.1 Å². The maximum atomic E-state index is 12.7. The van der Waals surface area contributed by atoms with E-state index in [2.05, 4.69) is 15.5 Å². The summed E-state index contributed by atoms with van der Waals surface area (Å²) in [4.78, 5) is 12.7. The van der Waals surface area contributed by atoms with Crippen LogP contribution in [0.4, 0.5) is 5.69 Å². The fourth-order valence-electron chi connectivity index (χ4n) is 3.32. The largest absolute Gasteiger partial charge is 0.497 e. The molecule has 4 aromatic rings. The van der Waals surface area contributed by atoms with E-state index in [1.165, 1.54) is 11.8 Å². The van der Waals surface area contributed by atoms with Crippen LogP contribution < -0.4 is 19.5 Å². The molecule has 0 aliphatic heterocycles. The zero-order chi connectivity index (χ0) is 23.9. The lowest BCUT2D eigenvalue weighted by Gasteiger charge is -2.12. The van der Waals surface area contributed by atoms with Gasteiger partial charge in [-0.25, -0.2) is 0 Å². The SMILES string of the molecule is COc1ccc(-n2c(SCC(=O)Nc3ccc(OC)cc3OC)nnc2-c2ccccc2)cc1. The van der Waals surface area contributed by atoms with Crippen LogP contribution in [-0.2, 0) is 4.79 Å². The molecule has 0 radical (unpaired) electrons. The molecule has 0 aliphatic rings. The number of hydrogen-bond acceptors (Lipinski definition) is 7. The number of aromatic nitrogens is 3. The lowest BCUT2D eigenvalue weighted by molar-refractivity contribution is -0.113. The molecular weight excluding hydrogens is 452 g/mol. The average molecular weight is 477 g/mol. The van der Waals surface area contributed by atoms with Gasteiger partial charge in [0.1, 0.15) is 17.2 Å². The van der Waals surface area contributed by atoms with Crippen molar-refractivity contribution in [3.05, 3.63) is 72.8 Å². The number of hydrogen-bond donors (Lipinski definition) is 1. The second kappa shape index (κ2) is 10.8. The molecule has 1 amide bonds. The smallest absolute Gasteiger partial charge is 0.234 e. The molecule has 0 saturated carbocycles. The first-order chi connectivity index (χ1) is 16.6. The maximum Gasteiger partial charge on any atom is 0.234 e. The van der Waals surface area contributed by atoms with E-state index in [0.29, 0.717) is 28.2 Å². The molecule has 174 valence electrons. The number of methoxy groups -OCH3 is 3. The lowest BCUT2D eigenvalue weighted by atomic mass is 10.2. The number of ether oxygens (including phenoxy) is 3. The summed E-state index contributed by atoms with van der Waals surface area (Å²) in [6.07, 6.45) is 0. The molecule has 0 aliphatic carbocycles. The highest BCUT2D eigenvalue weighted by atomic mass is 32.2. The van der Waals surface area contributed by atoms with Gasteiger partial charge in [0.25, 0.3) is 0 Å². The molecule has 1 heterocycles. The van der Waals surface area contributed by atoms with Gasteiger partial charge in [-0.2, -0.15) is 0 Å². The Morgan fingerprint density at radius 3 is 2.26 bits per heavy atom. The first-order valence-electron chi connectivity index (χ1n) is 10.4. The third-order valence-corrected chi connectivity index (χ3v) is 5.94. The van der Waals surface area contributed by atoms with E-state index in [1.807, 2.05) is 59.2 Å². The molecule has 1 aromatic heterocycles. The number of carbonyl (C=O) groups is 1. The molecule has 0 unspecified atom stereocenters. The van der Waals surface area contributed by atoms with Crippen molar-refractivity contribution in [1.29, 1.82) is 0 Å². The maximum absolute atomic E-state index is 12.7. The molecule has 34 heavy (non-hydrogen) atoms. The highest BCUT2D eigenvalue weighted by Crippen LogP contribution is 2.31. The highest BCUT2D eigenvalue weighted by molar-refractivity contribution is 7.99. The minimum Gasteiger partial charge on any atom is -0.497 e. The van der Waals surface area contributed by atoms with E-state index in [-0.39, 0.29) is 11.7 Å². The Bertz CT molecular complexity index is 1260. The van der Waals surface area contributed by atoms with E-state index in [9.17, 15) is 4.79 Å². The van der Waals surface area contributed by atoms with Crippen molar-refractivity contribution in [2.45, 2.75) is 5.16 Å². The summed E-state index contributed by atoms with van der Waals surface area (Å²) < 4.78 is 17.8. The molecule has 0 fully saturated rings. The Kier molecular flexibility index (Phi) is 7.34. The van der Waals surface area contributed by atoms with Gasteiger partial charge in [0.15, 0.2) is 11.0 Å². The van der Waals surface area contributed by atoms with Crippen LogP contribution in [0.3, 0.4) is 0 Å². The summed E-state index contributed by atoms with van der Waals surface area (Å²) in [7, 11) is 4.74. The number of nitrogens with one attached hydrogen (secondary N) is 1. The molecule has 0 spiro atoms. The second-order valence-corrected chi connectivity index (χ2v) is 8.05. The quantitative estimate of drug-likeness (QED) is 0.351. The van der Waals surface area contributed by atoms with Crippen LogP contribution in [0.15, 0.2) is 78.0 Å². The minimum absolute atomic E-state index is 0.137. The summed E-state index contributed by atoms with van der Waals surface area (Å²) in [6.45, 7) is 0. The van der Waals surface area contributed by atoms with Crippen LogP contribution >= 0.6 is 11.8 Å². The minimum atomic E-state index is -0.195. The van der Waals surface area contributed by atoms with Gasteiger partial charge in [-0.05, 0) is 36.4 Å². The fourth-order valence-corrected chi connectivity index (χ4v) is 4.07. The molecule has 8 nitrogen and oxygen atoms in total. The Morgan fingerprint density at radius 1 is 0.882 bits per heavy atom. The van der Waals surface area contributed by atoms with E-state index >= 15 is 0 Å². The first-order valence-corrected chi connectivity index (χ1v) is 11.4. The summed E-state index contributed by atoms with van der Waals surface area (Å²) >= 11 is 1.30. The van der Waals surface area contributed by atoms with Gasteiger partial charge in [0, 0.05) is 17.3 Å². The summed E-state index contributed by atoms with van der Waals surface area (Å²) in [5, 5.41) is 12.3. The number of benzene rings is 3. The van der Waals surface area contributed by atoms with Crippen molar-refractivity contribution in [2.24, 2.45) is 0 Å². The van der Waals surface area contributed by atoms with E-state index < -0.39 is 0 Å². The Balaban J connectivity index is 1.57. The van der Waals surface area contributed by atoms with Crippen molar-refractivity contribution in [3.8, 4) is 34.3 Å². The summed E-state index contributed by atoms with van der Waals surface area (Å²) in [6, 6.07) is 22.6. The molecular formula is C25H24N4O4S. The van der Waals surface area contributed by atoms with Gasteiger partial charge < -0.3 is 19.5 Å². The van der Waals surface area contributed by atoms with Crippen LogP contribution in [0.2, 0.25) is 0 Å². The van der Waals surface area contributed by atoms with Gasteiger partial charge in [0.2, 0.25) is 5.91 Å². The monoisotopic (exact) mass is 476 g/mol. The van der Waals surface area contributed by atoms with Gasteiger partial charge in [0.05, 0.1) is 32.8 Å². The normalized spacial score (nSPS) is 10.6. The Hall–Kier alpha value is -3.98. The number of nitrogens with zero attached hydrogens (tertiary/aromatic N) is 3. The van der Waals surface area contributed by atoms with Crippen LogP contribution in [0, 0.1) is 0 Å². The molecule has 0 atom stereocenters. The molecule has 9 heteroatoms. The molecule has 3 aromatic carbocycles.